The summed E-state index contributed by atoms with van der Waals surface area (Å²) in [4.78, 5) is 9.80. The van der Waals surface area contributed by atoms with Gasteiger partial charge in [0.25, 0.3) is 5.69 Å². The van der Waals surface area contributed by atoms with Crippen LogP contribution in [0.15, 0.2) is 16.6 Å². The van der Waals surface area contributed by atoms with E-state index in [1.165, 1.54) is 6.07 Å². The third-order valence-corrected chi connectivity index (χ3v) is 1.61. The van der Waals surface area contributed by atoms with Crippen LogP contribution in [0.5, 0.6) is 0 Å². The van der Waals surface area contributed by atoms with Crippen LogP contribution in [0.1, 0.15) is 5.56 Å². The molecule has 0 aliphatic heterocycles. The van der Waals surface area contributed by atoms with Crippen molar-refractivity contribution in [2.45, 2.75) is 6.92 Å². The van der Waals surface area contributed by atoms with Crippen LogP contribution in [0.3, 0.4) is 0 Å². The van der Waals surface area contributed by atoms with Gasteiger partial charge in [-0.2, -0.15) is 0 Å². The van der Waals surface area contributed by atoms with Crippen LogP contribution in [0.25, 0.3) is 0 Å². The molecule has 3 nitrogen and oxygen atoms in total. The van der Waals surface area contributed by atoms with Gasteiger partial charge in [0.05, 0.1) is 11.0 Å². The molecule has 1 aromatic carbocycles. The molecule has 0 aliphatic rings. The number of nitro groups is 1. The second kappa shape index (κ2) is 3.00. The zero-order valence-corrected chi connectivity index (χ0v) is 7.38. The van der Waals surface area contributed by atoms with Gasteiger partial charge in [-0.25, -0.2) is 0 Å². The minimum Gasteiger partial charge on any atom is -0.258 e. The number of nitrogens with zero attached hydrogens (tertiary/aromatic N) is 1. The Kier molecular flexibility index (Phi) is 2.24. The first-order chi connectivity index (χ1) is 5.09. The summed E-state index contributed by atoms with van der Waals surface area (Å²) in [7, 11) is 0. The highest BCUT2D eigenvalue weighted by atomic mass is 79.9. The molecule has 0 aliphatic carbocycles. The summed E-state index contributed by atoms with van der Waals surface area (Å²) < 4.78 is 0.709. The van der Waals surface area contributed by atoms with Gasteiger partial charge < -0.3 is 0 Å². The second-order valence-electron chi connectivity index (χ2n) is 2.12. The summed E-state index contributed by atoms with van der Waals surface area (Å²) >= 11 is 3.16. The van der Waals surface area contributed by atoms with E-state index in [1.807, 2.05) is 0 Å². The Hall–Kier alpha value is -0.900. The van der Waals surface area contributed by atoms with Gasteiger partial charge in [-0.1, -0.05) is 15.9 Å². The van der Waals surface area contributed by atoms with Gasteiger partial charge in [0.1, 0.15) is 0 Å². The van der Waals surface area contributed by atoms with Crippen LogP contribution in [-0.4, -0.2) is 4.92 Å². The van der Waals surface area contributed by atoms with Gasteiger partial charge >= 0.3 is 0 Å². The highest BCUT2D eigenvalue weighted by Gasteiger charge is 2.06. The van der Waals surface area contributed by atoms with Gasteiger partial charge in [-0.15, -0.1) is 0 Å². The van der Waals surface area contributed by atoms with Crippen molar-refractivity contribution in [1.29, 1.82) is 0 Å². The van der Waals surface area contributed by atoms with Crippen LogP contribution in [-0.2, 0) is 0 Å². The average molecular weight is 215 g/mol. The third kappa shape index (κ3) is 2.01. The largest absolute Gasteiger partial charge is 0.278 e. The summed E-state index contributed by atoms with van der Waals surface area (Å²) in [5.41, 5.74) is 0.753. The van der Waals surface area contributed by atoms with E-state index < -0.39 is 4.92 Å². The number of halogens is 1. The second-order valence-corrected chi connectivity index (χ2v) is 3.04. The predicted octanol–water partition coefficient (Wildman–Crippen LogP) is 2.47. The van der Waals surface area contributed by atoms with Gasteiger partial charge in [0, 0.05) is 10.5 Å². The van der Waals surface area contributed by atoms with E-state index in [4.69, 9.17) is 0 Å². The number of rotatable bonds is 1. The van der Waals surface area contributed by atoms with E-state index in [1.54, 1.807) is 13.0 Å². The molecule has 4 heteroatoms. The highest BCUT2D eigenvalue weighted by Crippen LogP contribution is 2.19. The van der Waals surface area contributed by atoms with Crippen LogP contribution in [0.2, 0.25) is 0 Å². The van der Waals surface area contributed by atoms with Gasteiger partial charge in [0.15, 0.2) is 0 Å². The number of benzene rings is 1. The Morgan fingerprint density at radius 1 is 1.64 bits per heavy atom. The van der Waals surface area contributed by atoms with Crippen LogP contribution in [0.4, 0.5) is 5.69 Å². The summed E-state index contributed by atoms with van der Waals surface area (Å²) in [6.45, 7) is 1.76. The molecule has 0 spiro atoms. The molecular formula is C7H5BrNO2. The lowest BCUT2D eigenvalue weighted by Gasteiger charge is -1.93. The van der Waals surface area contributed by atoms with Crippen LogP contribution < -0.4 is 0 Å². The van der Waals surface area contributed by atoms with Gasteiger partial charge in [-0.3, -0.25) is 10.1 Å². The molecule has 0 unspecified atom stereocenters. The Morgan fingerprint density at radius 3 is 2.73 bits per heavy atom. The molecule has 1 rings (SSSR count). The Morgan fingerprint density at radius 2 is 2.27 bits per heavy atom. The summed E-state index contributed by atoms with van der Waals surface area (Å²) in [6.07, 6.45) is 0. The van der Waals surface area contributed by atoms with Gasteiger partial charge in [-0.05, 0) is 18.6 Å². The molecule has 0 atom stereocenters. The zero-order chi connectivity index (χ0) is 8.43. The normalized spacial score (nSPS) is 9.64. The lowest BCUT2D eigenvalue weighted by atomic mass is 10.2. The molecular weight excluding hydrogens is 210 g/mol. The summed E-state index contributed by atoms with van der Waals surface area (Å²) in [6, 6.07) is 5.81. The van der Waals surface area contributed by atoms with Crippen molar-refractivity contribution in [1.82, 2.24) is 0 Å². The lowest BCUT2D eigenvalue weighted by molar-refractivity contribution is -0.385. The first-order valence-corrected chi connectivity index (χ1v) is 3.73. The smallest absolute Gasteiger partial charge is 0.258 e. The molecule has 0 N–H and O–H groups in total. The molecule has 0 saturated heterocycles. The fraction of sp³-hybridized carbons (Fsp3) is 0.143. The van der Waals surface area contributed by atoms with Crippen molar-refractivity contribution in [2.24, 2.45) is 0 Å². The number of non-ortho nitro benzene ring substituents is 1. The van der Waals surface area contributed by atoms with E-state index in [0.29, 0.717) is 4.47 Å². The fourth-order valence-electron chi connectivity index (χ4n) is 0.752. The van der Waals surface area contributed by atoms with Crippen molar-refractivity contribution in [3.8, 4) is 0 Å². The fourth-order valence-corrected chi connectivity index (χ4v) is 1.31. The molecule has 1 radical (unpaired) electrons. The first kappa shape index (κ1) is 8.20. The zero-order valence-electron chi connectivity index (χ0n) is 5.80. The lowest BCUT2D eigenvalue weighted by Crippen LogP contribution is -1.88. The van der Waals surface area contributed by atoms with Crippen molar-refractivity contribution in [3.63, 3.8) is 0 Å². The standard InChI is InChI=1S/C7H5BrNO2/c1-5-2-6(8)4-7(3-5)9(10)11/h2,4H,1H3. The third-order valence-electron chi connectivity index (χ3n) is 1.15. The maximum atomic E-state index is 10.3. The molecule has 0 heterocycles. The minimum absolute atomic E-state index is 0.00289. The molecule has 0 fully saturated rings. The summed E-state index contributed by atoms with van der Waals surface area (Å²) in [5.74, 6) is 0. The SMILES string of the molecule is Cc1[c]c([N+](=O)[O-])cc(Br)c1. The van der Waals surface area contributed by atoms with Crippen molar-refractivity contribution >= 4 is 21.6 Å². The monoisotopic (exact) mass is 214 g/mol. The Labute approximate surface area is 72.3 Å². The average Bonchev–Trinajstić information content (AvgIpc) is 1.85. The summed E-state index contributed by atoms with van der Waals surface area (Å²) in [5, 5.41) is 10.3. The van der Waals surface area contributed by atoms with E-state index in [2.05, 4.69) is 22.0 Å². The van der Waals surface area contributed by atoms with Crippen LogP contribution in [0, 0.1) is 23.1 Å². The Balaban J connectivity index is 3.19. The molecule has 0 bridgehead atoms. The maximum absolute atomic E-state index is 10.3. The molecule has 57 valence electrons. The predicted molar refractivity (Wildman–Crippen MR) is 44.4 cm³/mol. The number of hydrogen-bond acceptors (Lipinski definition) is 2. The topological polar surface area (TPSA) is 43.1 Å². The van der Waals surface area contributed by atoms with Gasteiger partial charge in [0.2, 0.25) is 0 Å². The minimum atomic E-state index is -0.461. The van der Waals surface area contributed by atoms with Crippen molar-refractivity contribution in [2.75, 3.05) is 0 Å². The number of nitro benzene ring substituents is 1. The van der Waals surface area contributed by atoms with E-state index in [9.17, 15) is 10.1 Å². The Bertz CT molecular complexity index is 278. The van der Waals surface area contributed by atoms with E-state index in [-0.39, 0.29) is 5.69 Å². The molecule has 0 amide bonds. The first-order valence-electron chi connectivity index (χ1n) is 2.93. The molecule has 0 aromatic heterocycles. The van der Waals surface area contributed by atoms with Crippen LogP contribution >= 0.6 is 15.9 Å². The highest BCUT2D eigenvalue weighted by molar-refractivity contribution is 9.10. The van der Waals surface area contributed by atoms with Crippen molar-refractivity contribution < 1.29 is 4.92 Å². The molecule has 11 heavy (non-hydrogen) atoms. The quantitative estimate of drug-likeness (QED) is 0.533. The maximum Gasteiger partial charge on any atom is 0.278 e. The van der Waals surface area contributed by atoms with E-state index >= 15 is 0 Å². The molecule has 1 aromatic rings. The van der Waals surface area contributed by atoms with Crippen molar-refractivity contribution in [3.05, 3.63) is 38.3 Å². The number of hydrogen-bond donors (Lipinski definition) is 0. The number of aryl methyl sites for hydroxylation is 1. The molecule has 0 saturated carbocycles. The van der Waals surface area contributed by atoms with E-state index in [0.717, 1.165) is 5.56 Å².